The van der Waals surface area contributed by atoms with Crippen LogP contribution in [-0.2, 0) is 19.1 Å². The van der Waals surface area contributed by atoms with Gasteiger partial charge in [-0.2, -0.15) is 4.80 Å². The van der Waals surface area contributed by atoms with Gasteiger partial charge in [-0.3, -0.25) is 0 Å². The Morgan fingerprint density at radius 2 is 2.10 bits per heavy atom. The minimum atomic E-state index is -0.691. The van der Waals surface area contributed by atoms with Gasteiger partial charge in [0.25, 0.3) is 0 Å². The normalized spacial score (nSPS) is 18.9. The van der Waals surface area contributed by atoms with Gasteiger partial charge in [0.15, 0.2) is 17.3 Å². The van der Waals surface area contributed by atoms with E-state index in [0.717, 1.165) is 22.3 Å². The Hall–Kier alpha value is -2.83. The van der Waals surface area contributed by atoms with Crippen molar-refractivity contribution in [3.8, 4) is 0 Å². The molecule has 0 spiro atoms. The molecular weight excluding hydrogens is 486 g/mol. The number of anilines is 2. The van der Waals surface area contributed by atoms with Gasteiger partial charge >= 0.3 is 0 Å². The molecule has 0 radical (unpaired) electrons. The summed E-state index contributed by atoms with van der Waals surface area (Å²) in [6, 6.07) is 3.82. The number of hydrogen-bond acceptors (Lipinski definition) is 9. The maximum absolute atomic E-state index is 6.66. The summed E-state index contributed by atoms with van der Waals surface area (Å²) in [4.78, 5) is 16.3. The fraction of sp³-hybridized carbons (Fsp3) is 0.333. The fourth-order valence-electron chi connectivity index (χ4n) is 3.92. The lowest BCUT2D eigenvalue weighted by atomic mass is 10.00. The third-order valence-corrected chi connectivity index (χ3v) is 6.42. The predicted molar refractivity (Wildman–Crippen MR) is 119 cm³/mol. The van der Waals surface area contributed by atoms with E-state index in [1.807, 2.05) is 16.7 Å². The van der Waals surface area contributed by atoms with Crippen molar-refractivity contribution in [3.05, 3.63) is 45.7 Å². The monoisotopic (exact) mass is 503 g/mol. The molecule has 1 aliphatic rings. The number of halogens is 2. The van der Waals surface area contributed by atoms with Gasteiger partial charge in [-0.15, -0.1) is 10.2 Å². The Kier molecular flexibility index (Phi) is 4.79. The standard InChI is InChI=1S/C18H19BrClN11/c1-29-27-17(26-28-29)18(22)2-3-30(7-18)13-5-10(20)4-12(19)11(13)6-31-9-25-14-15(21)23-8-24-16(14)31/h4-5,8-9H,2-3,6-7,22H2,1H3,(H2,21,23,24). The quantitative estimate of drug-likeness (QED) is 0.422. The SMILES string of the molecule is Cn1nnc(C2(N)CCN(c3cc(Cl)cc(Br)c3Cn3cnc4c(N)ncnc43)C2)n1. The number of rotatable bonds is 4. The van der Waals surface area contributed by atoms with Crippen LogP contribution in [0.1, 0.15) is 17.8 Å². The number of tetrazole rings is 1. The number of nitrogens with two attached hydrogens (primary N) is 2. The van der Waals surface area contributed by atoms with Gasteiger partial charge in [-0.05, 0) is 23.8 Å². The molecule has 0 amide bonds. The number of fused-ring (bicyclic) bond motifs is 1. The topological polar surface area (TPSA) is 142 Å². The summed E-state index contributed by atoms with van der Waals surface area (Å²) in [7, 11) is 1.73. The zero-order chi connectivity index (χ0) is 21.8. The molecule has 4 N–H and O–H groups in total. The molecule has 3 aromatic heterocycles. The highest BCUT2D eigenvalue weighted by molar-refractivity contribution is 9.10. The van der Waals surface area contributed by atoms with Crippen LogP contribution in [0.4, 0.5) is 11.5 Å². The first-order chi connectivity index (χ1) is 14.8. The van der Waals surface area contributed by atoms with E-state index in [2.05, 4.69) is 51.2 Å². The maximum Gasteiger partial charge on any atom is 0.196 e. The molecule has 4 heterocycles. The Morgan fingerprint density at radius 3 is 2.87 bits per heavy atom. The molecule has 31 heavy (non-hydrogen) atoms. The second kappa shape index (κ2) is 7.39. The summed E-state index contributed by atoms with van der Waals surface area (Å²) in [6.45, 7) is 1.78. The minimum absolute atomic E-state index is 0.350. The second-order valence-corrected chi connectivity index (χ2v) is 8.91. The average molecular weight is 505 g/mol. The van der Waals surface area contributed by atoms with E-state index in [4.69, 9.17) is 23.1 Å². The molecule has 1 aromatic carbocycles. The van der Waals surface area contributed by atoms with Crippen LogP contribution in [0.5, 0.6) is 0 Å². The molecule has 1 saturated heterocycles. The van der Waals surface area contributed by atoms with Crippen LogP contribution in [0.3, 0.4) is 0 Å². The number of hydrogen-bond donors (Lipinski definition) is 2. The largest absolute Gasteiger partial charge is 0.382 e. The van der Waals surface area contributed by atoms with Gasteiger partial charge in [-0.25, -0.2) is 15.0 Å². The van der Waals surface area contributed by atoms with E-state index in [1.165, 1.54) is 11.1 Å². The fourth-order valence-corrected chi connectivity index (χ4v) is 4.84. The molecule has 0 aliphatic carbocycles. The van der Waals surface area contributed by atoms with Crippen molar-refractivity contribution in [1.29, 1.82) is 0 Å². The molecule has 160 valence electrons. The summed E-state index contributed by atoms with van der Waals surface area (Å²) >= 11 is 10.1. The number of nitrogen functional groups attached to an aromatic ring is 1. The first-order valence-electron chi connectivity index (χ1n) is 9.51. The van der Waals surface area contributed by atoms with E-state index in [9.17, 15) is 0 Å². The van der Waals surface area contributed by atoms with Crippen molar-refractivity contribution in [1.82, 2.24) is 39.7 Å². The van der Waals surface area contributed by atoms with Crippen LogP contribution in [0.15, 0.2) is 29.3 Å². The number of nitrogens with zero attached hydrogens (tertiary/aromatic N) is 9. The molecule has 1 aliphatic heterocycles. The maximum atomic E-state index is 6.66. The van der Waals surface area contributed by atoms with Crippen molar-refractivity contribution >= 4 is 50.2 Å². The molecule has 0 saturated carbocycles. The highest BCUT2D eigenvalue weighted by Gasteiger charge is 2.40. The van der Waals surface area contributed by atoms with Gasteiger partial charge in [0.05, 0.1) is 25.5 Å². The lowest BCUT2D eigenvalue weighted by molar-refractivity contribution is 0.462. The summed E-state index contributed by atoms with van der Waals surface area (Å²) < 4.78 is 2.81. The number of aryl methyl sites for hydroxylation is 1. The smallest absolute Gasteiger partial charge is 0.196 e. The highest BCUT2D eigenvalue weighted by Crippen LogP contribution is 2.38. The summed E-state index contributed by atoms with van der Waals surface area (Å²) in [5.74, 6) is 0.885. The van der Waals surface area contributed by atoms with Crippen LogP contribution < -0.4 is 16.4 Å². The summed E-state index contributed by atoms with van der Waals surface area (Å²) in [5.41, 5.74) is 15.1. The van der Waals surface area contributed by atoms with Crippen LogP contribution in [0.2, 0.25) is 5.02 Å². The van der Waals surface area contributed by atoms with Crippen molar-refractivity contribution < 1.29 is 0 Å². The summed E-state index contributed by atoms with van der Waals surface area (Å²) in [5, 5.41) is 13.0. The minimum Gasteiger partial charge on any atom is -0.382 e. The van der Waals surface area contributed by atoms with Crippen LogP contribution in [0.25, 0.3) is 11.2 Å². The Labute approximate surface area is 190 Å². The lowest BCUT2D eigenvalue weighted by Gasteiger charge is -2.26. The van der Waals surface area contributed by atoms with Gasteiger partial charge in [0, 0.05) is 33.8 Å². The molecular formula is C18H19BrClN11. The summed E-state index contributed by atoms with van der Waals surface area (Å²) in [6.07, 6.45) is 3.84. The number of aromatic nitrogens is 8. The number of imidazole rings is 1. The van der Waals surface area contributed by atoms with Crippen molar-refractivity contribution in [2.45, 2.75) is 18.5 Å². The van der Waals surface area contributed by atoms with Gasteiger partial charge in [-0.1, -0.05) is 27.5 Å². The van der Waals surface area contributed by atoms with Crippen molar-refractivity contribution in [2.75, 3.05) is 23.7 Å². The van der Waals surface area contributed by atoms with Gasteiger partial charge in [0.1, 0.15) is 11.8 Å². The van der Waals surface area contributed by atoms with Gasteiger partial charge < -0.3 is 20.9 Å². The second-order valence-electron chi connectivity index (χ2n) is 7.62. The van der Waals surface area contributed by atoms with E-state index in [1.54, 1.807) is 13.4 Å². The van der Waals surface area contributed by atoms with Crippen LogP contribution in [-0.4, -0.2) is 52.8 Å². The average Bonchev–Trinajstić information content (AvgIpc) is 3.44. The molecule has 4 aromatic rings. The van der Waals surface area contributed by atoms with Crippen molar-refractivity contribution in [3.63, 3.8) is 0 Å². The Bertz CT molecular complexity index is 1280. The Morgan fingerprint density at radius 1 is 1.26 bits per heavy atom. The number of benzene rings is 1. The first kappa shape index (κ1) is 20.1. The Balaban J connectivity index is 1.52. The van der Waals surface area contributed by atoms with E-state index < -0.39 is 5.54 Å². The zero-order valence-corrected chi connectivity index (χ0v) is 18.9. The predicted octanol–water partition coefficient (Wildman–Crippen LogP) is 1.46. The molecule has 13 heteroatoms. The van der Waals surface area contributed by atoms with E-state index >= 15 is 0 Å². The van der Waals surface area contributed by atoms with E-state index in [-0.39, 0.29) is 0 Å². The molecule has 1 fully saturated rings. The molecule has 5 rings (SSSR count). The molecule has 0 bridgehead atoms. The first-order valence-corrected chi connectivity index (χ1v) is 10.7. The molecule has 1 atom stereocenters. The third kappa shape index (κ3) is 3.50. The lowest BCUT2D eigenvalue weighted by Crippen LogP contribution is -2.41. The van der Waals surface area contributed by atoms with Gasteiger partial charge in [0.2, 0.25) is 0 Å². The molecule has 11 nitrogen and oxygen atoms in total. The molecule has 1 unspecified atom stereocenters. The third-order valence-electron chi connectivity index (χ3n) is 5.49. The highest BCUT2D eigenvalue weighted by atomic mass is 79.9. The van der Waals surface area contributed by atoms with Crippen molar-refractivity contribution in [2.24, 2.45) is 12.8 Å². The zero-order valence-electron chi connectivity index (χ0n) is 16.6. The van der Waals surface area contributed by atoms with E-state index in [0.29, 0.717) is 47.3 Å². The van der Waals surface area contributed by atoms with Crippen LogP contribution in [0, 0.1) is 0 Å². The van der Waals surface area contributed by atoms with Crippen LogP contribution >= 0.6 is 27.5 Å².